The van der Waals surface area contributed by atoms with Crippen LogP contribution in [0, 0.1) is 12.7 Å². The van der Waals surface area contributed by atoms with Gasteiger partial charge in [0.25, 0.3) is 0 Å². The van der Waals surface area contributed by atoms with Gasteiger partial charge in [0.2, 0.25) is 5.95 Å². The molecule has 0 unspecified atom stereocenters. The molecular weight excluding hydrogens is 317 g/mol. The zero-order valence-corrected chi connectivity index (χ0v) is 14.2. The minimum atomic E-state index is -0.255. The molecule has 0 saturated carbocycles. The Morgan fingerprint density at radius 1 is 1.00 bits per heavy atom. The number of hydrogen-bond acceptors (Lipinski definition) is 4. The second-order valence-corrected chi connectivity index (χ2v) is 6.34. The topological polar surface area (TPSA) is 46.8 Å². The molecule has 0 amide bonds. The summed E-state index contributed by atoms with van der Waals surface area (Å²) in [5.41, 5.74) is 3.53. The van der Waals surface area contributed by atoms with Crippen LogP contribution in [0.4, 0.5) is 10.3 Å². The fraction of sp³-hybridized carbons (Fsp3) is 0.316. The van der Waals surface area contributed by atoms with Crippen molar-refractivity contribution < 1.29 is 4.39 Å². The van der Waals surface area contributed by atoms with E-state index in [9.17, 15) is 4.39 Å². The molecule has 1 aliphatic rings. The summed E-state index contributed by atoms with van der Waals surface area (Å²) < 4.78 is 14.9. The summed E-state index contributed by atoms with van der Waals surface area (Å²) >= 11 is 0. The van der Waals surface area contributed by atoms with Crippen LogP contribution >= 0.6 is 0 Å². The first-order valence-electron chi connectivity index (χ1n) is 8.61. The molecule has 25 heavy (non-hydrogen) atoms. The third-order valence-corrected chi connectivity index (χ3v) is 4.55. The zero-order valence-electron chi connectivity index (χ0n) is 14.2. The first kappa shape index (κ1) is 15.7. The number of benzene rings is 1. The Bertz CT molecular complexity index is 866. The van der Waals surface area contributed by atoms with E-state index in [2.05, 4.69) is 15.0 Å². The van der Waals surface area contributed by atoms with E-state index in [0.29, 0.717) is 0 Å². The van der Waals surface area contributed by atoms with Gasteiger partial charge in [0.15, 0.2) is 0 Å². The minimum absolute atomic E-state index is 0.255. The molecule has 1 aliphatic heterocycles. The van der Waals surface area contributed by atoms with Crippen molar-refractivity contribution in [3.63, 3.8) is 0 Å². The molecule has 1 aromatic carbocycles. The lowest BCUT2D eigenvalue weighted by Crippen LogP contribution is -2.30. The van der Waals surface area contributed by atoms with Gasteiger partial charge in [-0.15, -0.1) is 0 Å². The quantitative estimate of drug-likeness (QED) is 0.730. The standard InChI is InChI=1S/C19H20FN5/c1-14-17(13-25(23-14)16-7-5-15(20)6-8-16)18-9-10-21-19(22-18)24-11-3-2-4-12-24/h5-10,13H,2-4,11-12H2,1H3. The lowest BCUT2D eigenvalue weighted by Gasteiger charge is -2.26. The minimum Gasteiger partial charge on any atom is -0.341 e. The van der Waals surface area contributed by atoms with Crippen LogP contribution in [0.1, 0.15) is 25.0 Å². The fourth-order valence-electron chi connectivity index (χ4n) is 3.18. The van der Waals surface area contributed by atoms with E-state index in [1.807, 2.05) is 19.2 Å². The lowest BCUT2D eigenvalue weighted by atomic mass is 10.1. The molecule has 5 nitrogen and oxygen atoms in total. The molecule has 128 valence electrons. The van der Waals surface area contributed by atoms with Crippen molar-refractivity contribution in [3.05, 3.63) is 54.2 Å². The van der Waals surface area contributed by atoms with Crippen molar-refractivity contribution in [3.8, 4) is 16.9 Å². The van der Waals surface area contributed by atoms with Gasteiger partial charge in [0.1, 0.15) is 5.82 Å². The van der Waals surface area contributed by atoms with Crippen LogP contribution in [-0.4, -0.2) is 32.8 Å². The molecular formula is C19H20FN5. The van der Waals surface area contributed by atoms with E-state index in [4.69, 9.17) is 4.98 Å². The Labute approximate surface area is 146 Å². The third-order valence-electron chi connectivity index (χ3n) is 4.55. The van der Waals surface area contributed by atoms with Crippen molar-refractivity contribution in [2.45, 2.75) is 26.2 Å². The van der Waals surface area contributed by atoms with Gasteiger partial charge in [0.05, 0.1) is 17.1 Å². The van der Waals surface area contributed by atoms with Crippen molar-refractivity contribution >= 4 is 5.95 Å². The van der Waals surface area contributed by atoms with Crippen molar-refractivity contribution in [1.82, 2.24) is 19.7 Å². The van der Waals surface area contributed by atoms with Crippen LogP contribution in [0.5, 0.6) is 0 Å². The van der Waals surface area contributed by atoms with Gasteiger partial charge < -0.3 is 4.90 Å². The SMILES string of the molecule is Cc1nn(-c2ccc(F)cc2)cc1-c1ccnc(N2CCCCC2)n1. The molecule has 1 fully saturated rings. The molecule has 0 atom stereocenters. The van der Waals surface area contributed by atoms with Crippen molar-refractivity contribution in [2.75, 3.05) is 18.0 Å². The normalized spacial score (nSPS) is 14.7. The second kappa shape index (κ2) is 6.63. The van der Waals surface area contributed by atoms with E-state index in [1.54, 1.807) is 23.0 Å². The van der Waals surface area contributed by atoms with Crippen molar-refractivity contribution in [1.29, 1.82) is 0 Å². The molecule has 0 aliphatic carbocycles. The predicted octanol–water partition coefficient (Wildman–Crippen LogP) is 3.77. The average Bonchev–Trinajstić information content (AvgIpc) is 3.05. The number of halogens is 1. The van der Waals surface area contributed by atoms with Crippen LogP contribution in [0.2, 0.25) is 0 Å². The summed E-state index contributed by atoms with van der Waals surface area (Å²) in [6.07, 6.45) is 7.40. The highest BCUT2D eigenvalue weighted by Crippen LogP contribution is 2.24. The van der Waals surface area contributed by atoms with E-state index in [0.717, 1.165) is 41.7 Å². The number of hydrogen-bond donors (Lipinski definition) is 0. The maximum Gasteiger partial charge on any atom is 0.225 e. The van der Waals surface area contributed by atoms with E-state index in [-0.39, 0.29) is 5.82 Å². The van der Waals surface area contributed by atoms with Gasteiger partial charge in [-0.2, -0.15) is 5.10 Å². The maximum absolute atomic E-state index is 13.1. The first-order chi connectivity index (χ1) is 12.2. The van der Waals surface area contributed by atoms with Crippen LogP contribution in [0.25, 0.3) is 16.9 Å². The van der Waals surface area contributed by atoms with Gasteiger partial charge in [-0.1, -0.05) is 0 Å². The summed E-state index contributed by atoms with van der Waals surface area (Å²) in [6.45, 7) is 3.98. The number of nitrogens with zero attached hydrogens (tertiary/aromatic N) is 5. The maximum atomic E-state index is 13.1. The molecule has 3 heterocycles. The summed E-state index contributed by atoms with van der Waals surface area (Å²) in [4.78, 5) is 11.4. The average molecular weight is 337 g/mol. The van der Waals surface area contributed by atoms with Gasteiger partial charge in [-0.3, -0.25) is 0 Å². The Hall–Kier alpha value is -2.76. The summed E-state index contributed by atoms with van der Waals surface area (Å²) in [7, 11) is 0. The van der Waals surface area contributed by atoms with Crippen LogP contribution in [0.15, 0.2) is 42.7 Å². The molecule has 2 aromatic heterocycles. The van der Waals surface area contributed by atoms with Crippen LogP contribution in [-0.2, 0) is 0 Å². The van der Waals surface area contributed by atoms with Gasteiger partial charge >= 0.3 is 0 Å². The third kappa shape index (κ3) is 3.24. The van der Waals surface area contributed by atoms with Crippen molar-refractivity contribution in [2.24, 2.45) is 0 Å². The van der Waals surface area contributed by atoms with Gasteiger partial charge in [-0.25, -0.2) is 19.0 Å². The lowest BCUT2D eigenvalue weighted by molar-refractivity contribution is 0.568. The number of anilines is 1. The highest BCUT2D eigenvalue weighted by molar-refractivity contribution is 5.62. The molecule has 0 spiro atoms. The summed E-state index contributed by atoms with van der Waals surface area (Å²) in [5, 5.41) is 4.55. The highest BCUT2D eigenvalue weighted by Gasteiger charge is 2.16. The van der Waals surface area contributed by atoms with E-state index in [1.165, 1.54) is 31.4 Å². The van der Waals surface area contributed by atoms with E-state index >= 15 is 0 Å². The summed E-state index contributed by atoms with van der Waals surface area (Å²) in [6, 6.07) is 8.21. The smallest absolute Gasteiger partial charge is 0.225 e. The zero-order chi connectivity index (χ0) is 17.2. The Morgan fingerprint density at radius 3 is 2.52 bits per heavy atom. The monoisotopic (exact) mass is 337 g/mol. The predicted molar refractivity (Wildman–Crippen MR) is 95.3 cm³/mol. The van der Waals surface area contributed by atoms with Gasteiger partial charge in [-0.05, 0) is 56.5 Å². The largest absolute Gasteiger partial charge is 0.341 e. The highest BCUT2D eigenvalue weighted by atomic mass is 19.1. The van der Waals surface area contributed by atoms with Crippen LogP contribution < -0.4 is 4.90 Å². The Kier molecular flexibility index (Phi) is 4.17. The molecule has 0 radical (unpaired) electrons. The molecule has 1 saturated heterocycles. The first-order valence-corrected chi connectivity index (χ1v) is 8.61. The second-order valence-electron chi connectivity index (χ2n) is 6.34. The molecule has 3 aromatic rings. The summed E-state index contributed by atoms with van der Waals surface area (Å²) in [5.74, 6) is 0.529. The molecule has 0 N–H and O–H groups in total. The van der Waals surface area contributed by atoms with E-state index < -0.39 is 0 Å². The Balaban J connectivity index is 1.66. The molecule has 6 heteroatoms. The number of aromatic nitrogens is 4. The number of rotatable bonds is 3. The Morgan fingerprint density at radius 2 is 1.76 bits per heavy atom. The fourth-order valence-corrected chi connectivity index (χ4v) is 3.18. The number of aryl methyl sites for hydroxylation is 1. The van der Waals surface area contributed by atoms with Crippen LogP contribution in [0.3, 0.4) is 0 Å². The molecule has 4 rings (SSSR count). The number of piperidine rings is 1. The van der Waals surface area contributed by atoms with Gasteiger partial charge in [0, 0.05) is 31.0 Å². The molecule has 0 bridgehead atoms.